The summed E-state index contributed by atoms with van der Waals surface area (Å²) in [6, 6.07) is 5.57. The molecule has 7 nitrogen and oxygen atoms in total. The van der Waals surface area contributed by atoms with Crippen molar-refractivity contribution in [1.29, 1.82) is 0 Å². The van der Waals surface area contributed by atoms with Gasteiger partial charge in [-0.25, -0.2) is 4.98 Å². The molecule has 0 spiro atoms. The molecule has 0 bridgehead atoms. The summed E-state index contributed by atoms with van der Waals surface area (Å²) in [5, 5.41) is 0. The van der Waals surface area contributed by atoms with Gasteiger partial charge in [-0.15, -0.1) is 0 Å². The molecule has 0 aliphatic rings. The largest absolute Gasteiger partial charge is 0.493 e. The summed E-state index contributed by atoms with van der Waals surface area (Å²) in [6.07, 6.45) is 3.69. The van der Waals surface area contributed by atoms with E-state index in [-0.39, 0.29) is 11.8 Å². The first-order chi connectivity index (χ1) is 12.8. The van der Waals surface area contributed by atoms with Crippen LogP contribution in [-0.4, -0.2) is 47.0 Å². The molecule has 0 aliphatic carbocycles. The Bertz CT molecular complexity index is 884. The van der Waals surface area contributed by atoms with Gasteiger partial charge in [0, 0.05) is 20.5 Å². The van der Waals surface area contributed by atoms with Gasteiger partial charge in [-0.05, 0) is 37.6 Å². The topological polar surface area (TPSA) is 73.7 Å². The summed E-state index contributed by atoms with van der Waals surface area (Å²) in [4.78, 5) is 30.0. The van der Waals surface area contributed by atoms with Crippen LogP contribution in [-0.2, 0) is 11.8 Å². The predicted molar refractivity (Wildman–Crippen MR) is 104 cm³/mol. The number of methoxy groups -OCH3 is 2. The Labute approximate surface area is 159 Å². The molecule has 0 N–H and O–H groups in total. The number of aryl methyl sites for hydroxylation is 1. The number of imide groups is 1. The lowest BCUT2D eigenvalue weighted by Crippen LogP contribution is -2.36. The zero-order chi connectivity index (χ0) is 20.1. The third-order valence-corrected chi connectivity index (χ3v) is 4.28. The molecular weight excluding hydrogens is 346 g/mol. The molecule has 2 amide bonds. The van der Waals surface area contributed by atoms with Crippen molar-refractivity contribution >= 4 is 24.0 Å². The molecular formula is C20H25N3O4. The lowest BCUT2D eigenvalue weighted by atomic mass is 10.2. The minimum Gasteiger partial charge on any atom is -0.493 e. The van der Waals surface area contributed by atoms with Crippen LogP contribution >= 0.6 is 0 Å². The Morgan fingerprint density at radius 2 is 1.85 bits per heavy atom. The summed E-state index contributed by atoms with van der Waals surface area (Å²) in [5.41, 5.74) is 1.88. The van der Waals surface area contributed by atoms with Crippen LogP contribution in [0.1, 0.15) is 41.4 Å². The lowest BCUT2D eigenvalue weighted by molar-refractivity contribution is -0.126. The maximum Gasteiger partial charge on any atom is 0.278 e. The molecule has 0 saturated carbocycles. The van der Waals surface area contributed by atoms with E-state index in [4.69, 9.17) is 9.47 Å². The SMILES string of the molecule is CCN(C(C)=O)C(=O)c1c(C)nc(/C=C/c2ccc(OC)c(OC)c2)n1C. The van der Waals surface area contributed by atoms with E-state index in [0.717, 1.165) is 5.56 Å². The molecule has 0 unspecified atom stereocenters. The molecule has 0 radical (unpaired) electrons. The number of rotatable bonds is 6. The third-order valence-electron chi connectivity index (χ3n) is 4.28. The lowest BCUT2D eigenvalue weighted by Gasteiger charge is -2.17. The van der Waals surface area contributed by atoms with Gasteiger partial charge in [0.25, 0.3) is 5.91 Å². The number of hydrogen-bond acceptors (Lipinski definition) is 5. The van der Waals surface area contributed by atoms with Crippen LogP contribution in [0, 0.1) is 6.92 Å². The van der Waals surface area contributed by atoms with Gasteiger partial charge < -0.3 is 14.0 Å². The molecule has 27 heavy (non-hydrogen) atoms. The highest BCUT2D eigenvalue weighted by atomic mass is 16.5. The number of nitrogens with zero attached hydrogens (tertiary/aromatic N) is 3. The van der Waals surface area contributed by atoms with Gasteiger partial charge in [0.2, 0.25) is 5.91 Å². The molecule has 0 fully saturated rings. The van der Waals surface area contributed by atoms with Crippen molar-refractivity contribution in [2.45, 2.75) is 20.8 Å². The van der Waals surface area contributed by atoms with Crippen molar-refractivity contribution < 1.29 is 19.1 Å². The normalized spacial score (nSPS) is 10.9. The molecule has 1 aromatic heterocycles. The van der Waals surface area contributed by atoms with Gasteiger partial charge in [0.05, 0.1) is 19.9 Å². The minimum atomic E-state index is -0.344. The number of benzene rings is 1. The number of hydrogen-bond donors (Lipinski definition) is 0. The van der Waals surface area contributed by atoms with Crippen LogP contribution < -0.4 is 9.47 Å². The third kappa shape index (κ3) is 4.19. The van der Waals surface area contributed by atoms with Crippen molar-refractivity contribution in [3.8, 4) is 11.5 Å². The number of ether oxygens (including phenoxy) is 2. The van der Waals surface area contributed by atoms with E-state index < -0.39 is 0 Å². The van der Waals surface area contributed by atoms with Gasteiger partial charge in [-0.3, -0.25) is 14.5 Å². The zero-order valence-corrected chi connectivity index (χ0v) is 16.6. The van der Waals surface area contributed by atoms with Crippen molar-refractivity contribution in [3.05, 3.63) is 41.0 Å². The Kier molecular flexibility index (Phi) is 6.39. The maximum absolute atomic E-state index is 12.7. The van der Waals surface area contributed by atoms with Gasteiger partial charge in [0.15, 0.2) is 11.5 Å². The van der Waals surface area contributed by atoms with Crippen molar-refractivity contribution in [1.82, 2.24) is 14.5 Å². The molecule has 1 aromatic carbocycles. The smallest absolute Gasteiger partial charge is 0.278 e. The highest BCUT2D eigenvalue weighted by Gasteiger charge is 2.24. The fourth-order valence-corrected chi connectivity index (χ4v) is 2.87. The van der Waals surface area contributed by atoms with E-state index in [9.17, 15) is 9.59 Å². The molecule has 2 aromatic rings. The van der Waals surface area contributed by atoms with E-state index in [1.54, 1.807) is 39.7 Å². The second-order valence-electron chi connectivity index (χ2n) is 5.98. The van der Waals surface area contributed by atoms with Crippen LogP contribution in [0.3, 0.4) is 0 Å². The van der Waals surface area contributed by atoms with Crippen LogP contribution in [0.25, 0.3) is 12.2 Å². The van der Waals surface area contributed by atoms with Gasteiger partial charge >= 0.3 is 0 Å². The number of aromatic nitrogens is 2. The molecule has 1 heterocycles. The van der Waals surface area contributed by atoms with Crippen LogP contribution in [0.4, 0.5) is 0 Å². The Hall–Kier alpha value is -3.09. The fraction of sp³-hybridized carbons (Fsp3) is 0.350. The van der Waals surface area contributed by atoms with E-state index in [1.165, 1.54) is 11.8 Å². The Morgan fingerprint density at radius 1 is 1.19 bits per heavy atom. The zero-order valence-electron chi connectivity index (χ0n) is 16.6. The molecule has 0 aliphatic heterocycles. The van der Waals surface area contributed by atoms with Crippen molar-refractivity contribution in [2.24, 2.45) is 7.05 Å². The molecule has 7 heteroatoms. The summed E-state index contributed by atoms with van der Waals surface area (Å²) in [6.45, 7) is 5.22. The first kappa shape index (κ1) is 20.2. The maximum atomic E-state index is 12.7. The average Bonchev–Trinajstić information content (AvgIpc) is 2.93. The van der Waals surface area contributed by atoms with Gasteiger partial charge in [-0.2, -0.15) is 0 Å². The van der Waals surface area contributed by atoms with E-state index >= 15 is 0 Å². The second-order valence-corrected chi connectivity index (χ2v) is 5.98. The number of carbonyl (C=O) groups excluding carboxylic acids is 2. The van der Waals surface area contributed by atoms with Gasteiger partial charge in [-0.1, -0.05) is 12.1 Å². The number of imidazole rings is 1. The first-order valence-corrected chi connectivity index (χ1v) is 8.59. The average molecular weight is 371 g/mol. The van der Waals surface area contributed by atoms with Crippen molar-refractivity contribution in [2.75, 3.05) is 20.8 Å². The number of carbonyl (C=O) groups is 2. The fourth-order valence-electron chi connectivity index (χ4n) is 2.87. The molecule has 0 saturated heterocycles. The highest BCUT2D eigenvalue weighted by Crippen LogP contribution is 2.28. The van der Waals surface area contributed by atoms with E-state index in [0.29, 0.717) is 35.3 Å². The van der Waals surface area contributed by atoms with Gasteiger partial charge in [0.1, 0.15) is 11.5 Å². The minimum absolute atomic E-state index is 0.287. The monoisotopic (exact) mass is 371 g/mol. The predicted octanol–water partition coefficient (Wildman–Crippen LogP) is 2.92. The van der Waals surface area contributed by atoms with Crippen LogP contribution in [0.2, 0.25) is 0 Å². The summed E-state index contributed by atoms with van der Waals surface area (Å²) in [7, 11) is 4.93. The van der Waals surface area contributed by atoms with Crippen LogP contribution in [0.15, 0.2) is 18.2 Å². The Morgan fingerprint density at radius 3 is 2.41 bits per heavy atom. The van der Waals surface area contributed by atoms with E-state index in [2.05, 4.69) is 4.98 Å². The standard InChI is InChI=1S/C20H25N3O4/c1-7-23(14(3)24)20(25)19-13(2)21-18(22(19)4)11-9-15-8-10-16(26-5)17(12-15)27-6/h8-12H,7H2,1-6H3/b11-9+. The summed E-state index contributed by atoms with van der Waals surface area (Å²) < 4.78 is 12.2. The molecule has 144 valence electrons. The number of amides is 2. The van der Waals surface area contributed by atoms with Crippen LogP contribution in [0.5, 0.6) is 11.5 Å². The van der Waals surface area contributed by atoms with Crippen molar-refractivity contribution in [3.63, 3.8) is 0 Å². The Balaban J connectivity index is 2.35. The highest BCUT2D eigenvalue weighted by molar-refractivity contribution is 6.04. The summed E-state index contributed by atoms with van der Waals surface area (Å²) in [5.74, 6) is 1.27. The first-order valence-electron chi connectivity index (χ1n) is 8.59. The molecule has 2 rings (SSSR count). The van der Waals surface area contributed by atoms with E-state index in [1.807, 2.05) is 30.4 Å². The quantitative estimate of drug-likeness (QED) is 0.781. The molecule has 0 atom stereocenters. The second kappa shape index (κ2) is 8.53. The summed E-state index contributed by atoms with van der Waals surface area (Å²) >= 11 is 0.